The van der Waals surface area contributed by atoms with Gasteiger partial charge in [-0.05, 0) is 60.4 Å². The SMILES string of the molecule is COc1nc(-c2cccc(-c3cccc4c3CC[C@@H]4Oc3nc(OC)c(CN4C[C@H](C)C[C@H]4C(=O)O)cc3Cl)c2Cl)ccc1CNC[C@@H]1CCC(=O)N1. The van der Waals surface area contributed by atoms with Crippen LogP contribution in [0.3, 0.4) is 0 Å². The number of carbonyl (C=O) groups is 2. The minimum atomic E-state index is -0.830. The fourth-order valence-corrected chi connectivity index (χ4v) is 8.40. The smallest absolute Gasteiger partial charge is 0.320 e. The maximum absolute atomic E-state index is 11.9. The molecule has 2 saturated heterocycles. The average molecular weight is 761 g/mol. The van der Waals surface area contributed by atoms with Crippen molar-refractivity contribution in [3.8, 4) is 40.0 Å². The predicted octanol–water partition coefficient (Wildman–Crippen LogP) is 6.86. The van der Waals surface area contributed by atoms with Crippen molar-refractivity contribution in [3.63, 3.8) is 0 Å². The van der Waals surface area contributed by atoms with E-state index < -0.39 is 12.0 Å². The molecule has 4 heterocycles. The van der Waals surface area contributed by atoms with E-state index in [-0.39, 0.29) is 29.9 Å². The van der Waals surface area contributed by atoms with E-state index in [1.165, 1.54) is 7.11 Å². The molecule has 4 aromatic rings. The molecule has 13 heteroatoms. The minimum absolute atomic E-state index is 0.0980. The average Bonchev–Trinajstić information content (AvgIpc) is 3.87. The number of nitrogens with one attached hydrogen (secondary N) is 2. The Kier molecular flexibility index (Phi) is 11.1. The molecule has 0 saturated carbocycles. The van der Waals surface area contributed by atoms with Gasteiger partial charge in [-0.3, -0.25) is 14.5 Å². The van der Waals surface area contributed by atoms with E-state index in [1.807, 2.05) is 41.3 Å². The number of carboxylic acid groups (broad SMARTS) is 1. The second-order valence-corrected chi connectivity index (χ2v) is 14.8. The number of fused-ring (bicyclic) bond motifs is 1. The van der Waals surface area contributed by atoms with Gasteiger partial charge in [0.1, 0.15) is 17.2 Å². The molecule has 11 nitrogen and oxygen atoms in total. The molecule has 0 bridgehead atoms. The van der Waals surface area contributed by atoms with Crippen molar-refractivity contribution in [1.82, 2.24) is 25.5 Å². The number of rotatable bonds is 13. The van der Waals surface area contributed by atoms with E-state index in [4.69, 9.17) is 42.4 Å². The van der Waals surface area contributed by atoms with Crippen LogP contribution in [0, 0.1) is 5.92 Å². The van der Waals surface area contributed by atoms with Crippen LogP contribution in [0.2, 0.25) is 10.0 Å². The summed E-state index contributed by atoms with van der Waals surface area (Å²) in [4.78, 5) is 34.8. The molecule has 2 aliphatic heterocycles. The number of ether oxygens (including phenoxy) is 3. The third-order valence-corrected chi connectivity index (χ3v) is 11.1. The lowest BCUT2D eigenvalue weighted by molar-refractivity contribution is -0.142. The van der Waals surface area contributed by atoms with Crippen molar-refractivity contribution in [3.05, 3.63) is 86.9 Å². The van der Waals surface area contributed by atoms with Gasteiger partial charge in [0.05, 0.1) is 24.9 Å². The highest BCUT2D eigenvalue weighted by Gasteiger charge is 2.36. The molecule has 0 unspecified atom stereocenters. The summed E-state index contributed by atoms with van der Waals surface area (Å²) in [5.74, 6) is 0.683. The summed E-state index contributed by atoms with van der Waals surface area (Å²) in [6.07, 6.45) is 3.20. The number of halogens is 2. The Morgan fingerprint density at radius 3 is 2.47 bits per heavy atom. The van der Waals surface area contributed by atoms with Crippen molar-refractivity contribution < 1.29 is 28.9 Å². The number of aliphatic carboxylic acids is 1. The summed E-state index contributed by atoms with van der Waals surface area (Å²) in [7, 11) is 3.15. The van der Waals surface area contributed by atoms with Crippen LogP contribution in [0.15, 0.2) is 54.6 Å². The number of benzene rings is 2. The summed E-state index contributed by atoms with van der Waals surface area (Å²) in [5, 5.41) is 17.1. The molecule has 0 spiro atoms. The molecule has 0 radical (unpaired) electrons. The summed E-state index contributed by atoms with van der Waals surface area (Å²) in [5.41, 5.74) is 7.21. The molecule has 3 N–H and O–H groups in total. The number of carbonyl (C=O) groups excluding carboxylic acids is 1. The number of nitrogens with zero attached hydrogens (tertiary/aromatic N) is 3. The fourth-order valence-electron chi connectivity index (χ4n) is 7.86. The lowest BCUT2D eigenvalue weighted by Gasteiger charge is -2.23. The molecule has 3 aliphatic rings. The Bertz CT molecular complexity index is 2030. The highest BCUT2D eigenvalue weighted by atomic mass is 35.5. The third-order valence-electron chi connectivity index (χ3n) is 10.4. The number of carboxylic acids is 1. The Labute approximate surface area is 319 Å². The monoisotopic (exact) mass is 759 g/mol. The Morgan fingerprint density at radius 2 is 1.72 bits per heavy atom. The Morgan fingerprint density at radius 1 is 0.962 bits per heavy atom. The number of methoxy groups -OCH3 is 2. The van der Waals surface area contributed by atoms with E-state index in [1.54, 1.807) is 13.2 Å². The maximum atomic E-state index is 11.9. The second kappa shape index (κ2) is 15.9. The van der Waals surface area contributed by atoms with E-state index in [2.05, 4.69) is 34.7 Å². The largest absolute Gasteiger partial charge is 0.481 e. The third kappa shape index (κ3) is 7.80. The van der Waals surface area contributed by atoms with Crippen molar-refractivity contribution in [1.29, 1.82) is 0 Å². The summed E-state index contributed by atoms with van der Waals surface area (Å²) < 4.78 is 17.8. The number of hydrogen-bond donors (Lipinski definition) is 3. The zero-order chi connectivity index (χ0) is 37.2. The van der Waals surface area contributed by atoms with Crippen molar-refractivity contribution >= 4 is 35.1 Å². The predicted molar refractivity (Wildman–Crippen MR) is 203 cm³/mol. The minimum Gasteiger partial charge on any atom is -0.481 e. The quantitative estimate of drug-likeness (QED) is 0.133. The number of likely N-dealkylation sites (tertiary alicyclic amines) is 1. The van der Waals surface area contributed by atoms with Gasteiger partial charge in [-0.2, -0.15) is 4.98 Å². The first-order valence-electron chi connectivity index (χ1n) is 17.9. The first-order chi connectivity index (χ1) is 25.6. The zero-order valence-corrected chi connectivity index (χ0v) is 31.5. The molecule has 53 heavy (non-hydrogen) atoms. The summed E-state index contributed by atoms with van der Waals surface area (Å²) in [6.45, 7) is 4.32. The lowest BCUT2D eigenvalue weighted by atomic mass is 9.94. The highest BCUT2D eigenvalue weighted by molar-refractivity contribution is 6.36. The molecular weight excluding hydrogens is 717 g/mol. The van der Waals surface area contributed by atoms with Gasteiger partial charge < -0.3 is 30.0 Å². The number of pyridine rings is 2. The van der Waals surface area contributed by atoms with Crippen LogP contribution in [-0.4, -0.2) is 71.2 Å². The van der Waals surface area contributed by atoms with Crippen LogP contribution < -0.4 is 24.8 Å². The fraction of sp³-hybridized carbons (Fsp3) is 0.400. The Balaban J connectivity index is 1.09. The molecule has 2 aromatic carbocycles. The molecular formula is C40H43Cl2N5O6. The number of hydrogen-bond acceptors (Lipinski definition) is 9. The normalized spacial score (nSPS) is 21.0. The highest BCUT2D eigenvalue weighted by Crippen LogP contribution is 2.45. The van der Waals surface area contributed by atoms with Crippen molar-refractivity contribution in [2.24, 2.45) is 5.92 Å². The first kappa shape index (κ1) is 36.9. The van der Waals surface area contributed by atoms with Crippen LogP contribution in [0.25, 0.3) is 22.4 Å². The van der Waals surface area contributed by atoms with E-state index >= 15 is 0 Å². The molecule has 2 fully saturated rings. The van der Waals surface area contributed by atoms with Gasteiger partial charge >= 0.3 is 5.97 Å². The number of amides is 1. The van der Waals surface area contributed by atoms with Gasteiger partial charge in [-0.15, -0.1) is 0 Å². The van der Waals surface area contributed by atoms with Gasteiger partial charge in [0, 0.05) is 60.9 Å². The maximum Gasteiger partial charge on any atom is 0.320 e. The molecule has 1 aliphatic carbocycles. The van der Waals surface area contributed by atoms with Gasteiger partial charge in [-0.25, -0.2) is 4.98 Å². The number of aromatic nitrogens is 2. The van der Waals surface area contributed by atoms with Gasteiger partial charge in [0.2, 0.25) is 23.5 Å². The van der Waals surface area contributed by atoms with Gasteiger partial charge in [0.15, 0.2) is 0 Å². The Hall–Kier alpha value is -4.42. The zero-order valence-electron chi connectivity index (χ0n) is 30.0. The van der Waals surface area contributed by atoms with Crippen LogP contribution in [0.4, 0.5) is 0 Å². The summed E-state index contributed by atoms with van der Waals surface area (Å²) in [6, 6.07) is 17.4. The van der Waals surface area contributed by atoms with Crippen molar-refractivity contribution in [2.75, 3.05) is 27.3 Å². The van der Waals surface area contributed by atoms with E-state index in [0.29, 0.717) is 72.1 Å². The topological polar surface area (TPSA) is 135 Å². The molecule has 2 aromatic heterocycles. The van der Waals surface area contributed by atoms with Gasteiger partial charge in [0.25, 0.3) is 0 Å². The molecule has 278 valence electrons. The van der Waals surface area contributed by atoms with Crippen LogP contribution >= 0.6 is 23.2 Å². The van der Waals surface area contributed by atoms with Gasteiger partial charge in [-0.1, -0.05) is 72.6 Å². The summed E-state index contributed by atoms with van der Waals surface area (Å²) >= 11 is 13.9. The lowest BCUT2D eigenvalue weighted by Crippen LogP contribution is -2.35. The van der Waals surface area contributed by atoms with Crippen LogP contribution in [0.5, 0.6) is 17.6 Å². The standard InChI is InChI=1S/C40H43Cl2N5O6/c1-22-16-33(40(49)50)47(20-22)21-24-17-31(41)39(46-38(24)52-3)53-34-14-12-27-26(6-4-7-28(27)34)29-8-5-9-30(36(29)42)32-13-10-23(37(45-32)51-2)18-43-19-25-11-15-35(48)44-25/h4-10,13,17,22,25,33-34,43H,11-12,14-16,18-21H2,1-3H3,(H,44,48)(H,49,50)/t22-,25+,33+,34+/m1/s1. The first-order valence-corrected chi connectivity index (χ1v) is 18.7. The van der Waals surface area contributed by atoms with Crippen molar-refractivity contribution in [2.45, 2.75) is 70.3 Å². The van der Waals surface area contributed by atoms with E-state index in [9.17, 15) is 14.7 Å². The van der Waals surface area contributed by atoms with E-state index in [0.717, 1.165) is 52.6 Å². The van der Waals surface area contributed by atoms with Crippen LogP contribution in [-0.2, 0) is 29.1 Å². The second-order valence-electron chi connectivity index (χ2n) is 14.1. The molecule has 7 rings (SSSR count). The molecule has 1 amide bonds. The molecule has 4 atom stereocenters. The van der Waals surface area contributed by atoms with Crippen LogP contribution in [0.1, 0.15) is 61.0 Å².